The highest BCUT2D eigenvalue weighted by atomic mass is 35.5. The Labute approximate surface area is 202 Å². The SMILES string of the molecule is CCOC(=O)c1c(NC(=O)COc2ccc(Cl)cc2)oc(-c2ccccc2)c1-c1ccccc1. The number of hydrogen-bond acceptors (Lipinski definition) is 5. The first-order valence-electron chi connectivity index (χ1n) is 10.7. The number of benzene rings is 3. The fourth-order valence-corrected chi connectivity index (χ4v) is 3.56. The fourth-order valence-electron chi connectivity index (χ4n) is 3.43. The van der Waals surface area contributed by atoms with Crippen molar-refractivity contribution in [2.24, 2.45) is 0 Å². The third-order valence-corrected chi connectivity index (χ3v) is 5.17. The summed E-state index contributed by atoms with van der Waals surface area (Å²) >= 11 is 5.88. The third kappa shape index (κ3) is 5.30. The van der Waals surface area contributed by atoms with Gasteiger partial charge in [0, 0.05) is 16.1 Å². The van der Waals surface area contributed by atoms with Crippen molar-refractivity contribution in [2.75, 3.05) is 18.5 Å². The predicted octanol–water partition coefficient (Wildman–Crippen LogP) is 6.46. The van der Waals surface area contributed by atoms with E-state index in [1.807, 2.05) is 60.7 Å². The second-order valence-corrected chi connectivity index (χ2v) is 7.69. The monoisotopic (exact) mass is 475 g/mol. The number of carbonyl (C=O) groups excluding carboxylic acids is 2. The van der Waals surface area contributed by atoms with E-state index in [0.29, 0.717) is 22.1 Å². The van der Waals surface area contributed by atoms with E-state index in [2.05, 4.69) is 5.32 Å². The van der Waals surface area contributed by atoms with Gasteiger partial charge in [-0.15, -0.1) is 0 Å². The lowest BCUT2D eigenvalue weighted by atomic mass is 9.98. The molecular weight excluding hydrogens is 454 g/mol. The van der Waals surface area contributed by atoms with Gasteiger partial charge in [-0.1, -0.05) is 72.3 Å². The van der Waals surface area contributed by atoms with Crippen LogP contribution < -0.4 is 10.1 Å². The molecule has 0 aliphatic rings. The van der Waals surface area contributed by atoms with Gasteiger partial charge in [-0.25, -0.2) is 4.79 Å². The summed E-state index contributed by atoms with van der Waals surface area (Å²) in [6, 6.07) is 25.4. The lowest BCUT2D eigenvalue weighted by Gasteiger charge is -2.08. The molecule has 3 aromatic carbocycles. The Morgan fingerprint density at radius 1 is 0.882 bits per heavy atom. The Balaban J connectivity index is 1.72. The first-order chi connectivity index (χ1) is 16.6. The molecule has 172 valence electrons. The molecule has 6 nitrogen and oxygen atoms in total. The van der Waals surface area contributed by atoms with Gasteiger partial charge in [-0.05, 0) is 36.8 Å². The minimum atomic E-state index is -0.596. The molecule has 4 aromatic rings. The van der Waals surface area contributed by atoms with Gasteiger partial charge in [-0.3, -0.25) is 10.1 Å². The molecule has 1 aromatic heterocycles. The van der Waals surface area contributed by atoms with Gasteiger partial charge in [0.05, 0.1) is 6.61 Å². The van der Waals surface area contributed by atoms with Gasteiger partial charge in [0.2, 0.25) is 5.88 Å². The Kier molecular flexibility index (Phi) is 7.30. The molecule has 0 saturated carbocycles. The predicted molar refractivity (Wildman–Crippen MR) is 131 cm³/mol. The number of amides is 1. The Morgan fingerprint density at radius 3 is 2.12 bits per heavy atom. The summed E-state index contributed by atoms with van der Waals surface area (Å²) in [5.41, 5.74) is 2.20. The normalized spacial score (nSPS) is 10.5. The van der Waals surface area contributed by atoms with Gasteiger partial charge in [0.15, 0.2) is 6.61 Å². The van der Waals surface area contributed by atoms with Crippen LogP contribution in [0.15, 0.2) is 89.3 Å². The maximum absolute atomic E-state index is 13.0. The molecule has 0 aliphatic heterocycles. The summed E-state index contributed by atoms with van der Waals surface area (Å²) in [6.45, 7) is 1.61. The van der Waals surface area contributed by atoms with E-state index in [9.17, 15) is 9.59 Å². The molecule has 1 N–H and O–H groups in total. The van der Waals surface area contributed by atoms with Crippen molar-refractivity contribution in [3.05, 3.63) is 95.5 Å². The maximum Gasteiger partial charge on any atom is 0.344 e. The number of furan rings is 1. The molecule has 0 saturated heterocycles. The molecule has 0 unspecified atom stereocenters. The Bertz CT molecular complexity index is 1270. The van der Waals surface area contributed by atoms with Crippen LogP contribution in [-0.2, 0) is 9.53 Å². The molecule has 0 aliphatic carbocycles. The highest BCUT2D eigenvalue weighted by Gasteiger charge is 2.29. The first kappa shape index (κ1) is 23.1. The van der Waals surface area contributed by atoms with Crippen molar-refractivity contribution in [3.63, 3.8) is 0 Å². The summed E-state index contributed by atoms with van der Waals surface area (Å²) in [7, 11) is 0. The van der Waals surface area contributed by atoms with Crippen molar-refractivity contribution in [3.8, 4) is 28.2 Å². The largest absolute Gasteiger partial charge is 0.484 e. The summed E-state index contributed by atoms with van der Waals surface area (Å²) in [5, 5.41) is 3.24. The van der Waals surface area contributed by atoms with Crippen molar-refractivity contribution >= 4 is 29.4 Å². The van der Waals surface area contributed by atoms with Crippen LogP contribution in [0.25, 0.3) is 22.5 Å². The molecule has 1 heterocycles. The van der Waals surface area contributed by atoms with E-state index in [1.54, 1.807) is 31.2 Å². The number of ether oxygens (including phenoxy) is 2. The number of nitrogens with one attached hydrogen (secondary N) is 1. The molecule has 34 heavy (non-hydrogen) atoms. The Hall–Kier alpha value is -4.03. The molecule has 0 fully saturated rings. The fraction of sp³-hybridized carbons (Fsp3) is 0.111. The van der Waals surface area contributed by atoms with Gasteiger partial charge >= 0.3 is 5.97 Å². The van der Waals surface area contributed by atoms with E-state index < -0.39 is 11.9 Å². The van der Waals surface area contributed by atoms with E-state index in [4.69, 9.17) is 25.5 Å². The first-order valence-corrected chi connectivity index (χ1v) is 11.1. The van der Waals surface area contributed by atoms with Crippen LogP contribution in [0.4, 0.5) is 5.88 Å². The maximum atomic E-state index is 13.0. The molecule has 0 spiro atoms. The molecule has 1 amide bonds. The Morgan fingerprint density at radius 2 is 1.50 bits per heavy atom. The second kappa shape index (κ2) is 10.7. The van der Waals surface area contributed by atoms with Crippen molar-refractivity contribution < 1.29 is 23.5 Å². The van der Waals surface area contributed by atoms with Crippen molar-refractivity contribution in [1.82, 2.24) is 0 Å². The number of hydrogen-bond donors (Lipinski definition) is 1. The van der Waals surface area contributed by atoms with Gasteiger partial charge < -0.3 is 13.9 Å². The molecule has 4 rings (SSSR count). The average Bonchev–Trinajstić information content (AvgIpc) is 3.24. The van der Waals surface area contributed by atoms with E-state index in [1.165, 1.54) is 0 Å². The smallest absolute Gasteiger partial charge is 0.344 e. The van der Waals surface area contributed by atoms with E-state index >= 15 is 0 Å². The van der Waals surface area contributed by atoms with E-state index in [-0.39, 0.29) is 24.7 Å². The highest BCUT2D eigenvalue weighted by Crippen LogP contribution is 2.42. The number of rotatable bonds is 8. The van der Waals surface area contributed by atoms with Crippen LogP contribution in [0.5, 0.6) is 5.75 Å². The zero-order valence-corrected chi connectivity index (χ0v) is 19.2. The molecule has 0 radical (unpaired) electrons. The second-order valence-electron chi connectivity index (χ2n) is 7.25. The third-order valence-electron chi connectivity index (χ3n) is 4.92. The minimum Gasteiger partial charge on any atom is -0.484 e. The summed E-state index contributed by atoms with van der Waals surface area (Å²) in [4.78, 5) is 25.7. The molecule has 0 bridgehead atoms. The van der Waals surface area contributed by atoms with Crippen LogP contribution in [-0.4, -0.2) is 25.1 Å². The zero-order chi connectivity index (χ0) is 23.9. The molecular formula is C27H22ClNO5. The lowest BCUT2D eigenvalue weighted by molar-refractivity contribution is -0.118. The number of anilines is 1. The lowest BCUT2D eigenvalue weighted by Crippen LogP contribution is -2.21. The van der Waals surface area contributed by atoms with Crippen LogP contribution in [0, 0.1) is 0 Å². The van der Waals surface area contributed by atoms with Gasteiger partial charge in [-0.2, -0.15) is 0 Å². The standard InChI is InChI=1S/C27H22ClNO5/c1-2-32-27(31)24-23(18-9-5-3-6-10-18)25(19-11-7-4-8-12-19)34-26(24)29-22(30)17-33-21-15-13-20(28)14-16-21/h3-16H,2,17H2,1H3,(H,29,30). The zero-order valence-electron chi connectivity index (χ0n) is 18.4. The topological polar surface area (TPSA) is 77.8 Å². The van der Waals surface area contributed by atoms with Crippen LogP contribution >= 0.6 is 11.6 Å². The van der Waals surface area contributed by atoms with Crippen molar-refractivity contribution in [1.29, 1.82) is 0 Å². The summed E-state index contributed by atoms with van der Waals surface area (Å²) in [6.07, 6.45) is 0. The number of esters is 1. The van der Waals surface area contributed by atoms with Crippen molar-refractivity contribution in [2.45, 2.75) is 6.92 Å². The minimum absolute atomic E-state index is 0.000798. The van der Waals surface area contributed by atoms with Gasteiger partial charge in [0.25, 0.3) is 5.91 Å². The summed E-state index contributed by atoms with van der Waals surface area (Å²) in [5.74, 6) is -0.154. The van der Waals surface area contributed by atoms with Crippen LogP contribution in [0.3, 0.4) is 0 Å². The number of carbonyl (C=O) groups is 2. The summed E-state index contributed by atoms with van der Waals surface area (Å²) < 4.78 is 16.9. The molecule has 0 atom stereocenters. The highest BCUT2D eigenvalue weighted by molar-refractivity contribution is 6.30. The average molecular weight is 476 g/mol. The molecule has 7 heteroatoms. The van der Waals surface area contributed by atoms with E-state index in [0.717, 1.165) is 11.1 Å². The van der Waals surface area contributed by atoms with Gasteiger partial charge in [0.1, 0.15) is 17.1 Å². The quantitative estimate of drug-likeness (QED) is 0.296. The van der Waals surface area contributed by atoms with Crippen LogP contribution in [0.2, 0.25) is 5.02 Å². The number of halogens is 1. The van der Waals surface area contributed by atoms with Crippen LogP contribution in [0.1, 0.15) is 17.3 Å².